The van der Waals surface area contributed by atoms with Gasteiger partial charge in [-0.05, 0) is 42.3 Å². The van der Waals surface area contributed by atoms with Crippen LogP contribution in [0.1, 0.15) is 39.9 Å². The van der Waals surface area contributed by atoms with Gasteiger partial charge in [-0.1, -0.05) is 6.07 Å². The number of carbonyl (C=O) groups is 1. The van der Waals surface area contributed by atoms with E-state index in [2.05, 4.69) is 0 Å². The molecule has 4 rings (SSSR count). The second kappa shape index (κ2) is 7.79. The molecule has 29 heavy (non-hydrogen) atoms. The summed E-state index contributed by atoms with van der Waals surface area (Å²) in [6.45, 7) is 4.63. The predicted octanol–water partition coefficient (Wildman–Crippen LogP) is 2.51. The highest BCUT2D eigenvalue weighted by Crippen LogP contribution is 2.41. The van der Waals surface area contributed by atoms with E-state index in [9.17, 15) is 9.90 Å². The first-order valence-electron chi connectivity index (χ1n) is 9.87. The third-order valence-corrected chi connectivity index (χ3v) is 5.66. The van der Waals surface area contributed by atoms with Gasteiger partial charge in [0.15, 0.2) is 23.0 Å². The van der Waals surface area contributed by atoms with Gasteiger partial charge in [-0.25, -0.2) is 0 Å². The molecule has 6 heteroatoms. The molecule has 2 aromatic carbocycles. The van der Waals surface area contributed by atoms with Gasteiger partial charge in [0, 0.05) is 12.8 Å². The van der Waals surface area contributed by atoms with Crippen molar-refractivity contribution >= 4 is 11.9 Å². The number of methoxy groups -OCH3 is 2. The number of aromatic hydroxyl groups is 1. The zero-order valence-electron chi connectivity index (χ0n) is 17.0. The van der Waals surface area contributed by atoms with Gasteiger partial charge in [0.25, 0.3) is 0 Å². The van der Waals surface area contributed by atoms with Crippen LogP contribution in [0.5, 0.6) is 23.0 Å². The van der Waals surface area contributed by atoms with Crippen molar-refractivity contribution in [2.45, 2.75) is 26.3 Å². The molecule has 2 heterocycles. The molecular weight excluding hydrogens is 370 g/mol. The van der Waals surface area contributed by atoms with E-state index in [1.165, 1.54) is 17.7 Å². The van der Waals surface area contributed by atoms with Crippen molar-refractivity contribution in [3.63, 3.8) is 0 Å². The van der Waals surface area contributed by atoms with Gasteiger partial charge in [-0.3, -0.25) is 4.79 Å². The van der Waals surface area contributed by atoms with Gasteiger partial charge >= 0.3 is 0 Å². The van der Waals surface area contributed by atoms with Crippen LogP contribution in [0.2, 0.25) is 0 Å². The summed E-state index contributed by atoms with van der Waals surface area (Å²) in [4.78, 5) is 14.5. The van der Waals surface area contributed by atoms with E-state index in [1.54, 1.807) is 38.5 Å². The number of Topliss-reactive ketones (excluding diaryl/α,β-unsaturated/α-hetero) is 1. The van der Waals surface area contributed by atoms with E-state index < -0.39 is 0 Å². The van der Waals surface area contributed by atoms with Crippen LogP contribution >= 0.6 is 0 Å². The number of carbonyl (C=O) groups excluding carboxylic acids is 1. The zero-order valence-corrected chi connectivity index (χ0v) is 17.0. The van der Waals surface area contributed by atoms with E-state index in [0.717, 1.165) is 24.2 Å². The van der Waals surface area contributed by atoms with Crippen molar-refractivity contribution in [1.29, 1.82) is 0 Å². The topological polar surface area (TPSA) is 69.4 Å². The molecule has 2 aliphatic heterocycles. The maximum absolute atomic E-state index is 13.1. The Bertz CT molecular complexity index is 989. The number of ether oxygens (including phenoxy) is 3. The Kier molecular flexibility index (Phi) is 5.20. The van der Waals surface area contributed by atoms with Crippen molar-refractivity contribution in [3.05, 3.63) is 52.3 Å². The molecule has 152 valence electrons. The Morgan fingerprint density at radius 1 is 1.14 bits per heavy atom. The van der Waals surface area contributed by atoms with E-state index in [4.69, 9.17) is 14.2 Å². The van der Waals surface area contributed by atoms with Crippen molar-refractivity contribution in [3.8, 4) is 23.0 Å². The lowest BCUT2D eigenvalue weighted by molar-refractivity contribution is -0.901. The minimum absolute atomic E-state index is 0.162. The van der Waals surface area contributed by atoms with Crippen LogP contribution in [-0.4, -0.2) is 38.2 Å². The minimum atomic E-state index is -0.162. The normalized spacial score (nSPS) is 17.5. The van der Waals surface area contributed by atoms with Gasteiger partial charge < -0.3 is 24.2 Å². The summed E-state index contributed by atoms with van der Waals surface area (Å²) >= 11 is 0. The number of hydrogen-bond donors (Lipinski definition) is 2. The number of phenolic OH excluding ortho intramolecular Hbond substituents is 1. The molecule has 1 fully saturated rings. The monoisotopic (exact) mass is 396 g/mol. The van der Waals surface area contributed by atoms with Gasteiger partial charge in [-0.2, -0.15) is 0 Å². The molecule has 2 aliphatic rings. The fraction of sp³-hybridized carbons (Fsp3) is 0.348. The maximum atomic E-state index is 13.1. The van der Waals surface area contributed by atoms with E-state index in [1.807, 2.05) is 13.0 Å². The Morgan fingerprint density at radius 2 is 1.86 bits per heavy atom. The second-order valence-electron chi connectivity index (χ2n) is 7.58. The summed E-state index contributed by atoms with van der Waals surface area (Å²) in [6, 6.07) is 7.10. The number of rotatable bonds is 5. The second-order valence-corrected chi connectivity index (χ2v) is 7.58. The van der Waals surface area contributed by atoms with Crippen molar-refractivity contribution in [2.24, 2.45) is 0 Å². The summed E-state index contributed by atoms with van der Waals surface area (Å²) in [5, 5.41) is 10.5. The van der Waals surface area contributed by atoms with E-state index in [0.29, 0.717) is 34.9 Å². The Hall–Kier alpha value is -2.99. The van der Waals surface area contributed by atoms with E-state index >= 15 is 0 Å². The van der Waals surface area contributed by atoms with Crippen LogP contribution in [0.15, 0.2) is 30.0 Å². The molecule has 2 aromatic rings. The van der Waals surface area contributed by atoms with Crippen molar-refractivity contribution in [2.75, 3.05) is 27.3 Å². The van der Waals surface area contributed by atoms with Crippen LogP contribution in [0.25, 0.3) is 6.08 Å². The molecule has 0 aliphatic carbocycles. The number of quaternary nitrogens is 1. The van der Waals surface area contributed by atoms with Crippen LogP contribution < -0.4 is 19.1 Å². The van der Waals surface area contributed by atoms with Crippen molar-refractivity contribution < 1.29 is 29.0 Å². The Balaban J connectivity index is 1.70. The number of likely N-dealkylation sites (tertiary alicyclic amines) is 1. The Labute approximate surface area is 170 Å². The number of allylic oxidation sites excluding steroid dienone is 1. The highest BCUT2D eigenvalue weighted by molar-refractivity contribution is 6.15. The first-order valence-corrected chi connectivity index (χ1v) is 9.87. The lowest BCUT2D eigenvalue weighted by Crippen LogP contribution is -3.08. The standard InChI is InChI=1S/C23H25NO5/c1-14-10-17(25)16(13-24-8-4-5-9-24)23-21(14)22(26)20(29-23)12-15-6-7-18(27-2)19(11-15)28-3/h6-7,10-12,25H,4-5,8-9,13H2,1-3H3/p+1/b20-12-. The van der Waals surface area contributed by atoms with Crippen LogP contribution in [0, 0.1) is 6.92 Å². The Morgan fingerprint density at radius 3 is 2.55 bits per heavy atom. The molecule has 1 saturated heterocycles. The number of fused-ring (bicyclic) bond motifs is 1. The molecule has 2 N–H and O–H groups in total. The fourth-order valence-corrected chi connectivity index (χ4v) is 4.15. The maximum Gasteiger partial charge on any atom is 0.232 e. The first kappa shape index (κ1) is 19.3. The highest BCUT2D eigenvalue weighted by Gasteiger charge is 2.34. The van der Waals surface area contributed by atoms with Crippen molar-refractivity contribution in [1.82, 2.24) is 0 Å². The van der Waals surface area contributed by atoms with Crippen LogP contribution in [-0.2, 0) is 6.54 Å². The molecule has 0 spiro atoms. The number of hydrogen-bond acceptors (Lipinski definition) is 5. The largest absolute Gasteiger partial charge is 0.507 e. The van der Waals surface area contributed by atoms with Crippen LogP contribution in [0.4, 0.5) is 0 Å². The first-order chi connectivity index (χ1) is 14.0. The number of phenols is 1. The number of ketones is 1. The minimum Gasteiger partial charge on any atom is -0.507 e. The van der Waals surface area contributed by atoms with Crippen LogP contribution in [0.3, 0.4) is 0 Å². The average molecular weight is 396 g/mol. The summed E-state index contributed by atoms with van der Waals surface area (Å²) in [6.07, 6.45) is 4.08. The summed E-state index contributed by atoms with van der Waals surface area (Å²) in [5.74, 6) is 1.98. The highest BCUT2D eigenvalue weighted by atomic mass is 16.5. The molecule has 0 amide bonds. The predicted molar refractivity (Wildman–Crippen MR) is 109 cm³/mol. The number of benzene rings is 2. The summed E-state index contributed by atoms with van der Waals surface area (Å²) in [5.41, 5.74) is 2.75. The summed E-state index contributed by atoms with van der Waals surface area (Å²) < 4.78 is 16.6. The number of aryl methyl sites for hydroxylation is 1. The quantitative estimate of drug-likeness (QED) is 0.760. The van der Waals surface area contributed by atoms with Gasteiger partial charge in [-0.15, -0.1) is 0 Å². The third-order valence-electron chi connectivity index (χ3n) is 5.66. The molecule has 0 unspecified atom stereocenters. The van der Waals surface area contributed by atoms with Gasteiger partial charge in [0.05, 0.1) is 38.4 Å². The third kappa shape index (κ3) is 3.56. The number of nitrogens with one attached hydrogen (secondary N) is 1. The molecule has 0 aromatic heterocycles. The molecule has 6 nitrogen and oxygen atoms in total. The fourth-order valence-electron chi connectivity index (χ4n) is 4.15. The molecule has 0 radical (unpaired) electrons. The molecule has 0 saturated carbocycles. The zero-order chi connectivity index (χ0) is 20.5. The molecule has 0 bridgehead atoms. The average Bonchev–Trinajstić information content (AvgIpc) is 3.33. The lowest BCUT2D eigenvalue weighted by atomic mass is 9.99. The molecular formula is C23H26NO5+. The summed E-state index contributed by atoms with van der Waals surface area (Å²) in [7, 11) is 3.15. The SMILES string of the molecule is COc1ccc(/C=C2\Oc3c(C[NH+]4CCCC4)c(O)cc(C)c3C2=O)cc1OC. The molecule has 0 atom stereocenters. The lowest BCUT2D eigenvalue weighted by Gasteiger charge is -2.16. The van der Waals surface area contributed by atoms with Gasteiger partial charge in [0.1, 0.15) is 12.3 Å². The van der Waals surface area contributed by atoms with Gasteiger partial charge in [0.2, 0.25) is 5.78 Å². The smallest absolute Gasteiger partial charge is 0.232 e. The van der Waals surface area contributed by atoms with E-state index in [-0.39, 0.29) is 17.3 Å².